The minimum absolute atomic E-state index is 0.0125. The fourth-order valence-corrected chi connectivity index (χ4v) is 2.71. The summed E-state index contributed by atoms with van der Waals surface area (Å²) in [5.41, 5.74) is 1.17. The second-order valence-corrected chi connectivity index (χ2v) is 6.41. The van der Waals surface area contributed by atoms with Crippen molar-refractivity contribution >= 4 is 0 Å². The van der Waals surface area contributed by atoms with E-state index in [0.717, 1.165) is 24.8 Å². The van der Waals surface area contributed by atoms with Crippen molar-refractivity contribution < 1.29 is 13.5 Å². The van der Waals surface area contributed by atoms with Gasteiger partial charge in [-0.3, -0.25) is 0 Å². The van der Waals surface area contributed by atoms with Crippen LogP contribution in [0.3, 0.4) is 0 Å². The Morgan fingerprint density at radius 2 is 1.71 bits per heavy atom. The molecule has 0 atom stereocenters. The van der Waals surface area contributed by atoms with Gasteiger partial charge in [-0.15, -0.1) is 0 Å². The molecule has 21 heavy (non-hydrogen) atoms. The molecular weight excluding hydrogens is 272 g/mol. The third kappa shape index (κ3) is 4.67. The maximum Gasteiger partial charge on any atom is 0.248 e. The summed E-state index contributed by atoms with van der Waals surface area (Å²) in [6.07, 6.45) is 3.74. The Kier molecular flexibility index (Phi) is 4.43. The van der Waals surface area contributed by atoms with E-state index in [1.807, 2.05) is 24.3 Å². The third-order valence-corrected chi connectivity index (χ3v) is 4.42. The molecule has 1 aromatic rings. The summed E-state index contributed by atoms with van der Waals surface area (Å²) in [6.45, 7) is 1.56. The van der Waals surface area contributed by atoms with Crippen LogP contribution in [0.15, 0.2) is 24.3 Å². The van der Waals surface area contributed by atoms with E-state index in [1.54, 1.807) is 0 Å². The van der Waals surface area contributed by atoms with Crippen LogP contribution in [0.25, 0.3) is 0 Å². The van der Waals surface area contributed by atoms with Crippen molar-refractivity contribution in [2.24, 2.45) is 5.92 Å². The smallest absolute Gasteiger partial charge is 0.248 e. The third-order valence-electron chi connectivity index (χ3n) is 4.42. The number of hydrogen-bond acceptors (Lipinski definition) is 2. The Bertz CT molecular complexity index is 446. The van der Waals surface area contributed by atoms with E-state index in [-0.39, 0.29) is 18.9 Å². The zero-order valence-electron chi connectivity index (χ0n) is 12.3. The van der Waals surface area contributed by atoms with Crippen molar-refractivity contribution in [1.82, 2.24) is 5.32 Å². The van der Waals surface area contributed by atoms with Crippen molar-refractivity contribution in [3.63, 3.8) is 0 Å². The van der Waals surface area contributed by atoms with Crippen molar-refractivity contribution in [2.75, 3.05) is 6.61 Å². The monoisotopic (exact) mass is 295 g/mol. The lowest BCUT2D eigenvalue weighted by molar-refractivity contribution is -0.0405. The number of rotatable bonds is 6. The number of ether oxygens (including phenoxy) is 1. The summed E-state index contributed by atoms with van der Waals surface area (Å²) < 4.78 is 31.9. The topological polar surface area (TPSA) is 21.3 Å². The minimum atomic E-state index is -2.45. The predicted molar refractivity (Wildman–Crippen MR) is 78.7 cm³/mol. The first kappa shape index (κ1) is 14.8. The number of halogens is 2. The first-order chi connectivity index (χ1) is 10.1. The molecule has 2 fully saturated rings. The van der Waals surface area contributed by atoms with Gasteiger partial charge >= 0.3 is 0 Å². The quantitative estimate of drug-likeness (QED) is 0.851. The van der Waals surface area contributed by atoms with Crippen molar-refractivity contribution in [2.45, 2.75) is 57.0 Å². The molecule has 0 amide bonds. The standard InChI is InChI=1S/C17H23F2NO/c18-17(19)9-7-15(8-10-17)20-11-13-3-5-16(6-4-13)21-12-14-1-2-14/h3-6,14-15,20H,1-2,7-12H2. The molecule has 1 aromatic carbocycles. The van der Waals surface area contributed by atoms with E-state index in [2.05, 4.69) is 5.32 Å². The Hall–Kier alpha value is -1.16. The highest BCUT2D eigenvalue weighted by atomic mass is 19.3. The van der Waals surface area contributed by atoms with E-state index in [1.165, 1.54) is 18.4 Å². The minimum Gasteiger partial charge on any atom is -0.493 e. The van der Waals surface area contributed by atoms with Crippen LogP contribution in [0.5, 0.6) is 5.75 Å². The molecule has 0 saturated heterocycles. The summed E-state index contributed by atoms with van der Waals surface area (Å²) >= 11 is 0. The average molecular weight is 295 g/mol. The van der Waals surface area contributed by atoms with Crippen molar-refractivity contribution in [3.8, 4) is 5.75 Å². The molecule has 0 aromatic heterocycles. The van der Waals surface area contributed by atoms with E-state index in [0.29, 0.717) is 12.8 Å². The Labute approximate surface area is 124 Å². The highest BCUT2D eigenvalue weighted by Crippen LogP contribution is 2.33. The van der Waals surface area contributed by atoms with E-state index in [4.69, 9.17) is 4.74 Å². The van der Waals surface area contributed by atoms with Crippen LogP contribution >= 0.6 is 0 Å². The molecule has 3 rings (SSSR count). The van der Waals surface area contributed by atoms with Crippen LogP contribution in [-0.2, 0) is 6.54 Å². The molecule has 1 N–H and O–H groups in total. The zero-order chi connectivity index (χ0) is 14.7. The highest BCUT2D eigenvalue weighted by molar-refractivity contribution is 5.27. The maximum atomic E-state index is 13.1. The van der Waals surface area contributed by atoms with Crippen LogP contribution in [0.1, 0.15) is 44.1 Å². The summed E-state index contributed by atoms with van der Waals surface area (Å²) in [6, 6.07) is 8.30. The van der Waals surface area contributed by atoms with E-state index < -0.39 is 5.92 Å². The SMILES string of the molecule is FC1(F)CCC(NCc2ccc(OCC3CC3)cc2)CC1. The molecule has 0 bridgehead atoms. The van der Waals surface area contributed by atoms with Gasteiger partial charge in [0.1, 0.15) is 5.75 Å². The number of nitrogens with one attached hydrogen (secondary N) is 1. The molecule has 0 unspecified atom stereocenters. The number of hydrogen-bond donors (Lipinski definition) is 1. The first-order valence-corrected chi connectivity index (χ1v) is 7.94. The largest absolute Gasteiger partial charge is 0.493 e. The van der Waals surface area contributed by atoms with Gasteiger partial charge in [0.05, 0.1) is 6.61 Å². The Morgan fingerprint density at radius 1 is 1.05 bits per heavy atom. The van der Waals surface area contributed by atoms with Crippen LogP contribution in [-0.4, -0.2) is 18.6 Å². The van der Waals surface area contributed by atoms with Crippen molar-refractivity contribution in [3.05, 3.63) is 29.8 Å². The lowest BCUT2D eigenvalue weighted by Gasteiger charge is -2.28. The molecule has 2 aliphatic rings. The summed E-state index contributed by atoms with van der Waals surface area (Å²) in [5, 5.41) is 3.38. The van der Waals surface area contributed by atoms with Gasteiger partial charge in [-0.1, -0.05) is 12.1 Å². The van der Waals surface area contributed by atoms with Gasteiger partial charge in [-0.25, -0.2) is 8.78 Å². The summed E-state index contributed by atoms with van der Waals surface area (Å²) in [7, 11) is 0. The van der Waals surface area contributed by atoms with Gasteiger partial charge in [-0.2, -0.15) is 0 Å². The van der Waals surface area contributed by atoms with Gasteiger partial charge < -0.3 is 10.1 Å². The van der Waals surface area contributed by atoms with Crippen LogP contribution in [0.2, 0.25) is 0 Å². The lowest BCUT2D eigenvalue weighted by atomic mass is 9.92. The molecule has 0 aliphatic heterocycles. The van der Waals surface area contributed by atoms with Crippen LogP contribution in [0.4, 0.5) is 8.78 Å². The zero-order valence-corrected chi connectivity index (χ0v) is 12.3. The van der Waals surface area contributed by atoms with Gasteiger partial charge in [0.2, 0.25) is 5.92 Å². The second kappa shape index (κ2) is 6.30. The molecule has 4 heteroatoms. The second-order valence-electron chi connectivity index (χ2n) is 6.41. The normalized spacial score (nSPS) is 22.2. The fourth-order valence-electron chi connectivity index (χ4n) is 2.71. The van der Waals surface area contributed by atoms with Crippen molar-refractivity contribution in [1.29, 1.82) is 0 Å². The summed E-state index contributed by atoms with van der Waals surface area (Å²) in [4.78, 5) is 0. The molecule has 0 heterocycles. The predicted octanol–water partition coefficient (Wildman–Crippen LogP) is 4.14. The van der Waals surface area contributed by atoms with E-state index in [9.17, 15) is 8.78 Å². The van der Waals surface area contributed by atoms with E-state index >= 15 is 0 Å². The van der Waals surface area contributed by atoms with Crippen LogP contribution < -0.4 is 10.1 Å². The van der Waals surface area contributed by atoms with Gasteiger partial charge in [-0.05, 0) is 49.3 Å². The fraction of sp³-hybridized carbons (Fsp3) is 0.647. The highest BCUT2D eigenvalue weighted by Gasteiger charge is 2.34. The molecule has 116 valence electrons. The molecule has 2 saturated carbocycles. The van der Waals surface area contributed by atoms with Gasteiger partial charge in [0.25, 0.3) is 0 Å². The van der Waals surface area contributed by atoms with Gasteiger partial charge in [0, 0.05) is 25.4 Å². The number of benzene rings is 1. The van der Waals surface area contributed by atoms with Crippen LogP contribution in [0, 0.1) is 5.92 Å². The molecule has 2 aliphatic carbocycles. The Balaban J connectivity index is 1.40. The number of alkyl halides is 2. The molecule has 2 nitrogen and oxygen atoms in total. The summed E-state index contributed by atoms with van der Waals surface area (Å²) in [5.74, 6) is -0.766. The average Bonchev–Trinajstić information content (AvgIpc) is 3.29. The first-order valence-electron chi connectivity index (χ1n) is 7.94. The molecule has 0 spiro atoms. The molecule has 0 radical (unpaired) electrons. The lowest BCUT2D eigenvalue weighted by Crippen LogP contribution is -2.36. The van der Waals surface area contributed by atoms with Gasteiger partial charge in [0.15, 0.2) is 0 Å². The maximum absolute atomic E-state index is 13.1. The Morgan fingerprint density at radius 3 is 2.33 bits per heavy atom. The molecular formula is C17H23F2NO.